The van der Waals surface area contributed by atoms with E-state index < -0.39 is 6.09 Å². The highest BCUT2D eigenvalue weighted by Gasteiger charge is 2.31. The molecule has 0 saturated carbocycles. The topological polar surface area (TPSA) is 96.2 Å². The molecule has 0 radical (unpaired) electrons. The highest BCUT2D eigenvalue weighted by Crippen LogP contribution is 2.32. The average molecular weight is 444 g/mol. The van der Waals surface area contributed by atoms with E-state index in [2.05, 4.69) is 58.8 Å². The number of fused-ring (bicyclic) bond motifs is 1. The van der Waals surface area contributed by atoms with Crippen LogP contribution in [0.15, 0.2) is 0 Å². The Balaban J connectivity index is 2.14. The van der Waals surface area contributed by atoms with Gasteiger partial charge in [-0.1, -0.05) is 20.8 Å². The van der Waals surface area contributed by atoms with Gasteiger partial charge in [0.25, 0.3) is 0 Å². The van der Waals surface area contributed by atoms with Crippen LogP contribution >= 0.6 is 22.6 Å². The highest BCUT2D eigenvalue weighted by molar-refractivity contribution is 14.1. The van der Waals surface area contributed by atoms with Crippen LogP contribution in [0.3, 0.4) is 0 Å². The molecular formula is C15H21IN6O2. The Hall–Kier alpha value is -1.65. The van der Waals surface area contributed by atoms with E-state index in [1.54, 1.807) is 0 Å². The predicted octanol–water partition coefficient (Wildman–Crippen LogP) is 2.69. The molecule has 0 aliphatic carbocycles. The van der Waals surface area contributed by atoms with Crippen molar-refractivity contribution in [3.8, 4) is 0 Å². The van der Waals surface area contributed by atoms with Crippen molar-refractivity contribution in [2.45, 2.75) is 38.6 Å². The maximum absolute atomic E-state index is 11.2. The summed E-state index contributed by atoms with van der Waals surface area (Å²) in [5.74, 6) is 1.50. The minimum absolute atomic E-state index is 0.000425. The lowest BCUT2D eigenvalue weighted by Gasteiger charge is -2.19. The number of anilines is 1. The van der Waals surface area contributed by atoms with Crippen molar-refractivity contribution in [2.75, 3.05) is 25.5 Å². The smallest absolute Gasteiger partial charge is 0.407 e. The predicted molar refractivity (Wildman–Crippen MR) is 99.5 cm³/mol. The van der Waals surface area contributed by atoms with Crippen molar-refractivity contribution < 1.29 is 9.90 Å². The molecule has 0 unspecified atom stereocenters. The molecule has 1 fully saturated rings. The monoisotopic (exact) mass is 444 g/mol. The van der Waals surface area contributed by atoms with E-state index >= 15 is 0 Å². The van der Waals surface area contributed by atoms with Crippen molar-refractivity contribution in [3.05, 3.63) is 9.53 Å². The third-order valence-corrected chi connectivity index (χ3v) is 4.95. The second kappa shape index (κ2) is 6.01. The first-order valence-electron chi connectivity index (χ1n) is 7.84. The molecule has 130 valence electrons. The summed E-state index contributed by atoms with van der Waals surface area (Å²) in [6.45, 7) is 7.17. The van der Waals surface area contributed by atoms with Gasteiger partial charge < -0.3 is 15.3 Å². The van der Waals surface area contributed by atoms with Gasteiger partial charge in [-0.2, -0.15) is 5.10 Å². The van der Waals surface area contributed by atoms with E-state index in [1.807, 2.05) is 11.7 Å². The number of nitrogens with one attached hydrogen (secondary N) is 1. The minimum Gasteiger partial charge on any atom is -0.465 e. The SMILES string of the molecule is CNc1nc(C(C)(C)C)nc2c1c(I)nn2[C@H]1CCN(C(=O)O)C1. The van der Waals surface area contributed by atoms with E-state index in [-0.39, 0.29) is 11.5 Å². The fourth-order valence-corrected chi connectivity index (χ4v) is 3.61. The molecule has 2 aromatic heterocycles. The second-order valence-corrected chi connectivity index (χ2v) is 8.02. The number of carbonyl (C=O) groups is 1. The maximum atomic E-state index is 11.2. The third kappa shape index (κ3) is 2.89. The Morgan fingerprint density at radius 2 is 2.08 bits per heavy atom. The normalized spacial score (nSPS) is 18.4. The van der Waals surface area contributed by atoms with Gasteiger partial charge in [0.2, 0.25) is 0 Å². The first-order chi connectivity index (χ1) is 11.2. The summed E-state index contributed by atoms with van der Waals surface area (Å²) in [7, 11) is 1.84. The van der Waals surface area contributed by atoms with Crippen molar-refractivity contribution in [1.29, 1.82) is 0 Å². The van der Waals surface area contributed by atoms with Gasteiger partial charge >= 0.3 is 6.09 Å². The van der Waals surface area contributed by atoms with E-state index in [1.165, 1.54) is 4.90 Å². The molecule has 8 nitrogen and oxygen atoms in total. The third-order valence-electron chi connectivity index (χ3n) is 4.20. The number of hydrogen-bond donors (Lipinski definition) is 2. The molecule has 24 heavy (non-hydrogen) atoms. The van der Waals surface area contributed by atoms with Gasteiger partial charge in [-0.25, -0.2) is 19.4 Å². The number of nitrogens with zero attached hydrogens (tertiary/aromatic N) is 5. The number of halogens is 1. The molecule has 2 aromatic rings. The molecule has 0 bridgehead atoms. The number of amides is 1. The van der Waals surface area contributed by atoms with Crippen LogP contribution in [0.2, 0.25) is 0 Å². The fraction of sp³-hybridized carbons (Fsp3) is 0.600. The van der Waals surface area contributed by atoms with Gasteiger partial charge in [-0.3, -0.25) is 0 Å². The molecule has 1 atom stereocenters. The van der Waals surface area contributed by atoms with Crippen LogP contribution in [0, 0.1) is 3.70 Å². The lowest BCUT2D eigenvalue weighted by Crippen LogP contribution is -2.27. The summed E-state index contributed by atoms with van der Waals surface area (Å²) in [5, 5.41) is 17.9. The van der Waals surface area contributed by atoms with Gasteiger partial charge in [0.15, 0.2) is 5.65 Å². The van der Waals surface area contributed by atoms with Crippen LogP contribution in [0.1, 0.15) is 39.1 Å². The zero-order chi connectivity index (χ0) is 17.6. The zero-order valence-corrected chi connectivity index (χ0v) is 16.3. The molecule has 1 aliphatic heterocycles. The number of hydrogen-bond acceptors (Lipinski definition) is 5. The lowest BCUT2D eigenvalue weighted by molar-refractivity contribution is 0.154. The summed E-state index contributed by atoms with van der Waals surface area (Å²) in [6, 6.07) is -0.000425. The molecule has 1 saturated heterocycles. The molecule has 0 aromatic carbocycles. The van der Waals surface area contributed by atoms with Crippen LogP contribution in [0.25, 0.3) is 11.0 Å². The first-order valence-corrected chi connectivity index (χ1v) is 8.92. The largest absolute Gasteiger partial charge is 0.465 e. The van der Waals surface area contributed by atoms with Crippen molar-refractivity contribution in [1.82, 2.24) is 24.6 Å². The van der Waals surface area contributed by atoms with Gasteiger partial charge in [-0.15, -0.1) is 0 Å². The molecule has 9 heteroatoms. The number of carboxylic acid groups (broad SMARTS) is 1. The highest BCUT2D eigenvalue weighted by atomic mass is 127. The zero-order valence-electron chi connectivity index (χ0n) is 14.2. The van der Waals surface area contributed by atoms with Gasteiger partial charge in [0.05, 0.1) is 11.4 Å². The van der Waals surface area contributed by atoms with E-state index in [0.29, 0.717) is 13.1 Å². The number of aromatic nitrogens is 4. The van der Waals surface area contributed by atoms with E-state index in [4.69, 9.17) is 4.98 Å². The van der Waals surface area contributed by atoms with Crippen molar-refractivity contribution in [2.24, 2.45) is 0 Å². The fourth-order valence-electron chi connectivity index (χ4n) is 2.88. The van der Waals surface area contributed by atoms with Crippen LogP contribution in [-0.2, 0) is 5.41 Å². The summed E-state index contributed by atoms with van der Waals surface area (Å²) in [5.41, 5.74) is 0.573. The van der Waals surface area contributed by atoms with Gasteiger partial charge in [0.1, 0.15) is 15.3 Å². The summed E-state index contributed by atoms with van der Waals surface area (Å²) >= 11 is 2.18. The number of likely N-dealkylation sites (tertiary alicyclic amines) is 1. The molecule has 1 aliphatic rings. The number of rotatable bonds is 2. The van der Waals surface area contributed by atoms with E-state index in [0.717, 1.165) is 32.8 Å². The summed E-state index contributed by atoms with van der Waals surface area (Å²) in [4.78, 5) is 22.0. The van der Waals surface area contributed by atoms with Crippen LogP contribution in [0.5, 0.6) is 0 Å². The Morgan fingerprint density at radius 3 is 2.62 bits per heavy atom. The van der Waals surface area contributed by atoms with Crippen LogP contribution < -0.4 is 5.32 Å². The minimum atomic E-state index is -0.885. The Labute approximate surface area is 153 Å². The second-order valence-electron chi connectivity index (χ2n) is 7.00. The summed E-state index contributed by atoms with van der Waals surface area (Å²) < 4.78 is 2.69. The first kappa shape index (κ1) is 17.2. The lowest BCUT2D eigenvalue weighted by atomic mass is 9.95. The Bertz CT molecular complexity index is 797. The van der Waals surface area contributed by atoms with Crippen LogP contribution in [0.4, 0.5) is 10.6 Å². The molecule has 2 N–H and O–H groups in total. The molecule has 3 heterocycles. The molecule has 1 amide bonds. The average Bonchev–Trinajstić information content (AvgIpc) is 3.10. The quantitative estimate of drug-likeness (QED) is 0.692. The Kier molecular flexibility index (Phi) is 4.30. The standard InChI is InChI=1S/C15H21IN6O2/c1-15(2,3)13-18-11(17-4)9-10(16)20-22(12(9)19-13)8-5-6-21(7-8)14(23)24/h8H,5-7H2,1-4H3,(H,23,24)(H,17,18,19)/t8-/m0/s1. The molecule has 0 spiro atoms. The van der Waals surface area contributed by atoms with Gasteiger partial charge in [0, 0.05) is 25.6 Å². The van der Waals surface area contributed by atoms with Crippen LogP contribution in [-0.4, -0.2) is 56.0 Å². The van der Waals surface area contributed by atoms with E-state index in [9.17, 15) is 9.90 Å². The Morgan fingerprint density at radius 1 is 1.38 bits per heavy atom. The van der Waals surface area contributed by atoms with Gasteiger partial charge in [-0.05, 0) is 29.0 Å². The molecule has 3 rings (SSSR count). The summed E-state index contributed by atoms with van der Waals surface area (Å²) in [6.07, 6.45) is -0.146. The van der Waals surface area contributed by atoms with Crippen molar-refractivity contribution in [3.63, 3.8) is 0 Å². The molecular weight excluding hydrogens is 423 g/mol. The maximum Gasteiger partial charge on any atom is 0.407 e. The van der Waals surface area contributed by atoms with Crippen molar-refractivity contribution >= 4 is 45.5 Å².